The Morgan fingerprint density at radius 3 is 2.42 bits per heavy atom. The highest BCUT2D eigenvalue weighted by Gasteiger charge is 2.22. The van der Waals surface area contributed by atoms with Gasteiger partial charge in [0.25, 0.3) is 5.91 Å². The standard InChI is InChI=1S/C14H22N2O2S/c1-14(18,10-16(2)3)9-15-13(17)11-5-7-12(19-4)8-6-11/h5-8,18H,9-10H2,1-4H3,(H,15,17). The zero-order valence-corrected chi connectivity index (χ0v) is 12.8. The topological polar surface area (TPSA) is 52.6 Å². The molecule has 1 rings (SSSR count). The molecule has 1 aromatic carbocycles. The lowest BCUT2D eigenvalue weighted by molar-refractivity contribution is 0.0326. The van der Waals surface area contributed by atoms with E-state index in [1.54, 1.807) is 30.8 Å². The molecule has 19 heavy (non-hydrogen) atoms. The van der Waals surface area contributed by atoms with E-state index in [2.05, 4.69) is 5.32 Å². The van der Waals surface area contributed by atoms with E-state index in [9.17, 15) is 9.90 Å². The number of hydrogen-bond donors (Lipinski definition) is 2. The Morgan fingerprint density at radius 2 is 1.95 bits per heavy atom. The van der Waals surface area contributed by atoms with Crippen molar-refractivity contribution in [3.8, 4) is 0 Å². The molecule has 5 heteroatoms. The van der Waals surface area contributed by atoms with Gasteiger partial charge in [-0.25, -0.2) is 0 Å². The molecule has 1 unspecified atom stereocenters. The van der Waals surface area contributed by atoms with E-state index in [-0.39, 0.29) is 12.5 Å². The van der Waals surface area contributed by atoms with E-state index >= 15 is 0 Å². The number of likely N-dealkylation sites (N-methyl/N-ethyl adjacent to an activating group) is 1. The molecule has 0 aliphatic carbocycles. The molecule has 0 heterocycles. The number of nitrogens with one attached hydrogen (secondary N) is 1. The summed E-state index contributed by atoms with van der Waals surface area (Å²) >= 11 is 1.64. The summed E-state index contributed by atoms with van der Waals surface area (Å²) in [6, 6.07) is 7.42. The number of benzene rings is 1. The number of carbonyl (C=O) groups excluding carboxylic acids is 1. The van der Waals surface area contributed by atoms with Gasteiger partial charge in [0.05, 0.1) is 5.60 Å². The first-order valence-electron chi connectivity index (χ1n) is 6.13. The summed E-state index contributed by atoms with van der Waals surface area (Å²) in [4.78, 5) is 14.9. The van der Waals surface area contributed by atoms with Crippen LogP contribution in [0.25, 0.3) is 0 Å². The monoisotopic (exact) mass is 282 g/mol. The second-order valence-corrected chi connectivity index (χ2v) is 6.03. The molecule has 106 valence electrons. The fourth-order valence-electron chi connectivity index (χ4n) is 1.85. The molecule has 1 aromatic rings. The minimum atomic E-state index is -0.932. The van der Waals surface area contributed by atoms with Crippen molar-refractivity contribution in [3.05, 3.63) is 29.8 Å². The van der Waals surface area contributed by atoms with Crippen molar-refractivity contribution >= 4 is 17.7 Å². The van der Waals surface area contributed by atoms with Crippen molar-refractivity contribution in [2.45, 2.75) is 17.4 Å². The van der Waals surface area contributed by atoms with Gasteiger partial charge in [-0.1, -0.05) is 0 Å². The average molecular weight is 282 g/mol. The molecule has 0 saturated carbocycles. The quantitative estimate of drug-likeness (QED) is 0.776. The highest BCUT2D eigenvalue weighted by molar-refractivity contribution is 7.98. The van der Waals surface area contributed by atoms with E-state index in [0.717, 1.165) is 4.90 Å². The van der Waals surface area contributed by atoms with E-state index in [4.69, 9.17) is 0 Å². The molecule has 0 aliphatic heterocycles. The molecular weight excluding hydrogens is 260 g/mol. The third kappa shape index (κ3) is 5.63. The number of amides is 1. The fraction of sp³-hybridized carbons (Fsp3) is 0.500. The van der Waals surface area contributed by atoms with Crippen LogP contribution < -0.4 is 5.32 Å². The van der Waals surface area contributed by atoms with Crippen LogP contribution in [0.3, 0.4) is 0 Å². The van der Waals surface area contributed by atoms with Crippen LogP contribution in [-0.2, 0) is 0 Å². The average Bonchev–Trinajstić information content (AvgIpc) is 2.34. The van der Waals surface area contributed by atoms with Crippen LogP contribution in [0, 0.1) is 0 Å². The summed E-state index contributed by atoms with van der Waals surface area (Å²) in [5, 5.41) is 12.9. The fourth-order valence-corrected chi connectivity index (χ4v) is 2.26. The summed E-state index contributed by atoms with van der Waals surface area (Å²) in [5.41, 5.74) is -0.322. The maximum atomic E-state index is 11.9. The van der Waals surface area contributed by atoms with Gasteiger partial charge in [0, 0.05) is 23.5 Å². The predicted molar refractivity (Wildman–Crippen MR) is 79.7 cm³/mol. The van der Waals surface area contributed by atoms with Crippen LogP contribution in [0.5, 0.6) is 0 Å². The molecule has 1 atom stereocenters. The number of aliphatic hydroxyl groups is 1. The predicted octanol–water partition coefficient (Wildman–Crippen LogP) is 1.45. The summed E-state index contributed by atoms with van der Waals surface area (Å²) in [7, 11) is 3.77. The van der Waals surface area contributed by atoms with Gasteiger partial charge >= 0.3 is 0 Å². The maximum absolute atomic E-state index is 11.9. The lowest BCUT2D eigenvalue weighted by Gasteiger charge is -2.27. The Balaban J connectivity index is 2.55. The van der Waals surface area contributed by atoms with Gasteiger partial charge in [0.1, 0.15) is 0 Å². The van der Waals surface area contributed by atoms with E-state index in [1.165, 1.54) is 0 Å². The molecule has 4 nitrogen and oxygen atoms in total. The first kappa shape index (κ1) is 16.0. The highest BCUT2D eigenvalue weighted by Crippen LogP contribution is 2.14. The lowest BCUT2D eigenvalue weighted by Crippen LogP contribution is -2.47. The minimum absolute atomic E-state index is 0.160. The Morgan fingerprint density at radius 1 is 1.37 bits per heavy atom. The van der Waals surface area contributed by atoms with Crippen LogP contribution >= 0.6 is 11.8 Å². The Kier molecular flexibility index (Phi) is 5.85. The van der Waals surface area contributed by atoms with E-state index in [1.807, 2.05) is 37.4 Å². The molecular formula is C14H22N2O2S. The third-order valence-corrected chi connectivity index (χ3v) is 3.38. The van der Waals surface area contributed by atoms with Crippen molar-refractivity contribution in [2.75, 3.05) is 33.4 Å². The summed E-state index contributed by atoms with van der Waals surface area (Å²) in [6.07, 6.45) is 1.99. The second-order valence-electron chi connectivity index (χ2n) is 5.15. The molecule has 0 radical (unpaired) electrons. The lowest BCUT2D eigenvalue weighted by atomic mass is 10.1. The first-order valence-corrected chi connectivity index (χ1v) is 7.36. The maximum Gasteiger partial charge on any atom is 0.251 e. The molecule has 2 N–H and O–H groups in total. The molecule has 0 bridgehead atoms. The molecule has 0 aliphatic rings. The van der Waals surface area contributed by atoms with Crippen molar-refractivity contribution < 1.29 is 9.90 Å². The van der Waals surface area contributed by atoms with Crippen molar-refractivity contribution in [2.24, 2.45) is 0 Å². The number of rotatable bonds is 6. The van der Waals surface area contributed by atoms with Crippen LogP contribution in [0.1, 0.15) is 17.3 Å². The van der Waals surface area contributed by atoms with E-state index in [0.29, 0.717) is 12.1 Å². The van der Waals surface area contributed by atoms with Gasteiger partial charge < -0.3 is 15.3 Å². The summed E-state index contributed by atoms with van der Waals surface area (Å²) < 4.78 is 0. The van der Waals surface area contributed by atoms with Crippen molar-refractivity contribution in [1.29, 1.82) is 0 Å². The van der Waals surface area contributed by atoms with Gasteiger partial charge in [-0.3, -0.25) is 4.79 Å². The van der Waals surface area contributed by atoms with Gasteiger partial charge in [0.15, 0.2) is 0 Å². The van der Waals surface area contributed by atoms with Crippen molar-refractivity contribution in [3.63, 3.8) is 0 Å². The van der Waals surface area contributed by atoms with Crippen LogP contribution in [0.4, 0.5) is 0 Å². The molecule has 0 aromatic heterocycles. The van der Waals surface area contributed by atoms with Crippen LogP contribution in [0.15, 0.2) is 29.2 Å². The minimum Gasteiger partial charge on any atom is -0.387 e. The number of thioether (sulfide) groups is 1. The van der Waals surface area contributed by atoms with E-state index < -0.39 is 5.60 Å². The van der Waals surface area contributed by atoms with Gasteiger partial charge in [-0.15, -0.1) is 11.8 Å². The Bertz CT molecular complexity index is 416. The first-order chi connectivity index (χ1) is 8.84. The Labute approximate surface area is 119 Å². The number of hydrogen-bond acceptors (Lipinski definition) is 4. The summed E-state index contributed by atoms with van der Waals surface area (Å²) in [5.74, 6) is -0.160. The molecule has 0 saturated heterocycles. The third-order valence-electron chi connectivity index (χ3n) is 2.64. The normalized spacial score (nSPS) is 14.2. The zero-order chi connectivity index (χ0) is 14.5. The van der Waals surface area contributed by atoms with Gasteiger partial charge in [-0.2, -0.15) is 0 Å². The second kappa shape index (κ2) is 6.93. The van der Waals surface area contributed by atoms with Gasteiger partial charge in [-0.05, 0) is 51.5 Å². The Hall–Kier alpha value is -1.04. The zero-order valence-electron chi connectivity index (χ0n) is 11.9. The largest absolute Gasteiger partial charge is 0.387 e. The molecule has 0 fully saturated rings. The smallest absolute Gasteiger partial charge is 0.251 e. The summed E-state index contributed by atoms with van der Waals surface area (Å²) in [6.45, 7) is 2.44. The molecule has 1 amide bonds. The molecule has 0 spiro atoms. The highest BCUT2D eigenvalue weighted by atomic mass is 32.2. The van der Waals surface area contributed by atoms with Crippen molar-refractivity contribution in [1.82, 2.24) is 10.2 Å². The van der Waals surface area contributed by atoms with Crippen LogP contribution in [-0.4, -0.2) is 55.0 Å². The van der Waals surface area contributed by atoms with Gasteiger partial charge in [0.2, 0.25) is 0 Å². The number of carbonyl (C=O) groups is 1. The number of nitrogens with zero attached hydrogens (tertiary/aromatic N) is 1. The van der Waals surface area contributed by atoms with Crippen LogP contribution in [0.2, 0.25) is 0 Å². The SMILES string of the molecule is CSc1ccc(C(=O)NCC(C)(O)CN(C)C)cc1.